The number of likely N-dealkylation sites (tertiary alicyclic amines) is 1. The number of carbonyl (C=O) groups excluding carboxylic acids is 2. The highest BCUT2D eigenvalue weighted by atomic mass is 16.5. The van der Waals surface area contributed by atoms with Gasteiger partial charge in [0.2, 0.25) is 5.91 Å². The van der Waals surface area contributed by atoms with Crippen molar-refractivity contribution in [2.24, 2.45) is 5.92 Å². The molecule has 0 unspecified atom stereocenters. The molecular weight excluding hydrogens is 372 g/mol. The quantitative estimate of drug-likeness (QED) is 0.811. The van der Waals surface area contributed by atoms with Crippen LogP contribution in [0.5, 0.6) is 11.5 Å². The summed E-state index contributed by atoms with van der Waals surface area (Å²) in [6, 6.07) is 16.1. The van der Waals surface area contributed by atoms with E-state index in [2.05, 4.69) is 0 Å². The van der Waals surface area contributed by atoms with Gasteiger partial charge >= 0.3 is 5.97 Å². The molecule has 7 nitrogen and oxygen atoms in total. The van der Waals surface area contributed by atoms with E-state index in [1.54, 1.807) is 36.2 Å². The summed E-state index contributed by atoms with van der Waals surface area (Å²) in [4.78, 5) is 39.1. The molecule has 1 aliphatic heterocycles. The molecule has 1 fully saturated rings. The van der Waals surface area contributed by atoms with E-state index in [1.807, 2.05) is 30.3 Å². The molecule has 1 heterocycles. The van der Waals surface area contributed by atoms with Gasteiger partial charge in [-0.05, 0) is 49.2 Å². The maximum atomic E-state index is 12.6. The van der Waals surface area contributed by atoms with Crippen molar-refractivity contribution in [3.8, 4) is 11.5 Å². The topological polar surface area (TPSA) is 87.2 Å². The van der Waals surface area contributed by atoms with E-state index in [0.717, 1.165) is 0 Å². The molecule has 1 saturated heterocycles. The van der Waals surface area contributed by atoms with Gasteiger partial charge in [-0.2, -0.15) is 0 Å². The zero-order chi connectivity index (χ0) is 20.8. The van der Waals surface area contributed by atoms with Crippen LogP contribution in [0.1, 0.15) is 23.2 Å². The zero-order valence-electron chi connectivity index (χ0n) is 16.3. The summed E-state index contributed by atoms with van der Waals surface area (Å²) in [7, 11) is 1.58. The van der Waals surface area contributed by atoms with Gasteiger partial charge < -0.3 is 19.6 Å². The number of amides is 2. The van der Waals surface area contributed by atoms with Crippen molar-refractivity contribution in [1.29, 1.82) is 0 Å². The predicted octanol–water partition coefficient (Wildman–Crippen LogP) is 2.87. The van der Waals surface area contributed by atoms with Crippen LogP contribution in [0.25, 0.3) is 0 Å². The predicted molar refractivity (Wildman–Crippen MR) is 107 cm³/mol. The van der Waals surface area contributed by atoms with Crippen molar-refractivity contribution in [2.75, 3.05) is 26.7 Å². The minimum atomic E-state index is -0.816. The number of carboxylic acid groups (broad SMARTS) is 1. The maximum Gasteiger partial charge on any atom is 0.306 e. The van der Waals surface area contributed by atoms with Gasteiger partial charge in [0.1, 0.15) is 11.5 Å². The Bertz CT molecular complexity index is 859. The van der Waals surface area contributed by atoms with E-state index >= 15 is 0 Å². The third-order valence-electron chi connectivity index (χ3n) is 5.00. The first-order valence-electron chi connectivity index (χ1n) is 9.53. The minimum Gasteiger partial charge on any atom is -0.481 e. The second kappa shape index (κ2) is 9.23. The van der Waals surface area contributed by atoms with Crippen molar-refractivity contribution >= 4 is 17.8 Å². The van der Waals surface area contributed by atoms with Gasteiger partial charge in [0.25, 0.3) is 5.91 Å². The van der Waals surface area contributed by atoms with Crippen molar-refractivity contribution < 1.29 is 24.2 Å². The Kier molecular flexibility index (Phi) is 6.49. The van der Waals surface area contributed by atoms with Crippen molar-refractivity contribution in [3.63, 3.8) is 0 Å². The monoisotopic (exact) mass is 396 g/mol. The lowest BCUT2D eigenvalue weighted by atomic mass is 9.97. The van der Waals surface area contributed by atoms with Crippen molar-refractivity contribution in [2.45, 2.75) is 12.8 Å². The van der Waals surface area contributed by atoms with Gasteiger partial charge in [-0.15, -0.1) is 0 Å². The molecule has 0 bridgehead atoms. The van der Waals surface area contributed by atoms with Crippen LogP contribution >= 0.6 is 0 Å². The molecule has 0 aliphatic carbocycles. The van der Waals surface area contributed by atoms with Crippen LogP contribution in [-0.4, -0.2) is 59.4 Å². The number of para-hydroxylation sites is 1. The summed E-state index contributed by atoms with van der Waals surface area (Å²) < 4.78 is 5.72. The largest absolute Gasteiger partial charge is 0.481 e. The highest BCUT2D eigenvalue weighted by Gasteiger charge is 2.28. The van der Waals surface area contributed by atoms with E-state index in [9.17, 15) is 14.4 Å². The number of hydrogen-bond donors (Lipinski definition) is 1. The molecule has 0 atom stereocenters. The third kappa shape index (κ3) is 5.34. The van der Waals surface area contributed by atoms with Gasteiger partial charge in [-0.25, -0.2) is 0 Å². The molecule has 0 spiro atoms. The van der Waals surface area contributed by atoms with Gasteiger partial charge in [-0.1, -0.05) is 18.2 Å². The number of carboxylic acids is 1. The fraction of sp³-hybridized carbons (Fsp3) is 0.318. The second-order valence-corrected chi connectivity index (χ2v) is 7.09. The second-order valence-electron chi connectivity index (χ2n) is 7.09. The Labute approximate surface area is 169 Å². The van der Waals surface area contributed by atoms with Crippen molar-refractivity contribution in [1.82, 2.24) is 9.80 Å². The number of carbonyl (C=O) groups is 3. The van der Waals surface area contributed by atoms with Gasteiger partial charge in [0.05, 0.1) is 12.5 Å². The number of hydrogen-bond acceptors (Lipinski definition) is 4. The lowest BCUT2D eigenvalue weighted by Crippen LogP contribution is -2.45. The Balaban J connectivity index is 1.53. The highest BCUT2D eigenvalue weighted by molar-refractivity contribution is 5.96. The molecule has 1 N–H and O–H groups in total. The van der Waals surface area contributed by atoms with Gasteiger partial charge in [0, 0.05) is 25.7 Å². The first-order chi connectivity index (χ1) is 13.9. The fourth-order valence-electron chi connectivity index (χ4n) is 3.26. The van der Waals surface area contributed by atoms with E-state index < -0.39 is 11.9 Å². The van der Waals surface area contributed by atoms with Crippen LogP contribution in [-0.2, 0) is 9.59 Å². The summed E-state index contributed by atoms with van der Waals surface area (Å²) in [6.45, 7) is 0.769. The minimum absolute atomic E-state index is 0.0428. The van der Waals surface area contributed by atoms with Gasteiger partial charge in [-0.3, -0.25) is 14.4 Å². The Hall–Kier alpha value is -3.35. The molecule has 2 amide bonds. The third-order valence-corrected chi connectivity index (χ3v) is 5.00. The number of likely N-dealkylation sites (N-methyl/N-ethyl adjacent to an activating group) is 1. The van der Waals surface area contributed by atoms with E-state index in [1.165, 1.54) is 4.90 Å². The molecule has 1 aliphatic rings. The number of ether oxygens (including phenoxy) is 1. The average molecular weight is 396 g/mol. The molecule has 2 aromatic rings. The summed E-state index contributed by atoms with van der Waals surface area (Å²) in [6.07, 6.45) is 0.892. The van der Waals surface area contributed by atoms with Crippen molar-refractivity contribution in [3.05, 3.63) is 60.2 Å². The standard InChI is InChI=1S/C22H24N2O5/c1-23(15-20(25)24-13-11-17(12-14-24)22(27)28)21(26)16-7-9-19(10-8-16)29-18-5-3-2-4-6-18/h2-10,17H,11-15H2,1H3,(H,27,28). The SMILES string of the molecule is CN(CC(=O)N1CCC(C(=O)O)CC1)C(=O)c1ccc(Oc2ccccc2)cc1. The van der Waals surface area contributed by atoms with Crippen LogP contribution in [0.15, 0.2) is 54.6 Å². The zero-order valence-corrected chi connectivity index (χ0v) is 16.3. The number of benzene rings is 2. The molecule has 0 saturated carbocycles. The van der Waals surface area contributed by atoms with Crippen LogP contribution in [0.2, 0.25) is 0 Å². The lowest BCUT2D eigenvalue weighted by molar-refractivity contribution is -0.145. The number of aliphatic carboxylic acids is 1. The van der Waals surface area contributed by atoms with Crippen LogP contribution in [0.4, 0.5) is 0 Å². The van der Waals surface area contributed by atoms with Crippen LogP contribution in [0.3, 0.4) is 0 Å². The summed E-state index contributed by atoms with van der Waals surface area (Å²) >= 11 is 0. The first kappa shape index (κ1) is 20.4. The summed E-state index contributed by atoms with van der Waals surface area (Å²) in [5, 5.41) is 9.04. The Morgan fingerprint density at radius 3 is 2.17 bits per heavy atom. The first-order valence-corrected chi connectivity index (χ1v) is 9.53. The number of piperidine rings is 1. The molecule has 0 aromatic heterocycles. The molecule has 7 heteroatoms. The van der Waals surface area contributed by atoms with E-state index in [0.29, 0.717) is 43.0 Å². The summed E-state index contributed by atoms with van der Waals surface area (Å²) in [5.74, 6) is -0.313. The molecule has 0 radical (unpaired) electrons. The van der Waals surface area contributed by atoms with E-state index in [4.69, 9.17) is 9.84 Å². The molecule has 3 rings (SSSR count). The number of nitrogens with zero attached hydrogens (tertiary/aromatic N) is 2. The Morgan fingerprint density at radius 2 is 1.59 bits per heavy atom. The molecular formula is C22H24N2O5. The van der Waals surface area contributed by atoms with E-state index in [-0.39, 0.29) is 18.4 Å². The smallest absolute Gasteiger partial charge is 0.306 e. The fourth-order valence-corrected chi connectivity index (χ4v) is 3.26. The highest BCUT2D eigenvalue weighted by Crippen LogP contribution is 2.22. The summed E-state index contributed by atoms with van der Waals surface area (Å²) in [5.41, 5.74) is 0.463. The van der Waals surface area contributed by atoms with Crippen LogP contribution in [0, 0.1) is 5.92 Å². The Morgan fingerprint density at radius 1 is 1.00 bits per heavy atom. The normalized spacial score (nSPS) is 14.3. The molecule has 29 heavy (non-hydrogen) atoms. The van der Waals surface area contributed by atoms with Crippen LogP contribution < -0.4 is 4.74 Å². The molecule has 152 valence electrons. The average Bonchev–Trinajstić information content (AvgIpc) is 2.74. The number of rotatable bonds is 6. The van der Waals surface area contributed by atoms with Gasteiger partial charge in [0.15, 0.2) is 0 Å². The maximum absolute atomic E-state index is 12.6. The lowest BCUT2D eigenvalue weighted by Gasteiger charge is -2.31. The molecule has 2 aromatic carbocycles.